The Balaban J connectivity index is 1.84. The number of hydrogen-bond acceptors (Lipinski definition) is 4. The lowest BCUT2D eigenvalue weighted by molar-refractivity contribution is -0.188. The number of carbonyl (C=O) groups is 1. The van der Waals surface area contributed by atoms with Crippen molar-refractivity contribution in [2.24, 2.45) is 11.5 Å². The molecule has 2 aromatic rings. The first-order chi connectivity index (χ1) is 11.6. The Morgan fingerprint density at radius 1 is 1.12 bits per heavy atom. The van der Waals surface area contributed by atoms with Crippen LogP contribution < -0.4 is 11.5 Å². The summed E-state index contributed by atoms with van der Waals surface area (Å²) >= 11 is 0. The summed E-state index contributed by atoms with van der Waals surface area (Å²) in [5.74, 6) is -0.309. The summed E-state index contributed by atoms with van der Waals surface area (Å²) in [6.07, 6.45) is -4.80. The summed E-state index contributed by atoms with van der Waals surface area (Å²) < 4.78 is 39.0. The Kier molecular flexibility index (Phi) is 3.97. The molecular weight excluding hydrogens is 335 g/mol. The van der Waals surface area contributed by atoms with E-state index in [0.29, 0.717) is 17.7 Å². The average molecular weight is 351 g/mol. The van der Waals surface area contributed by atoms with Gasteiger partial charge in [-0.05, 0) is 28.8 Å². The first-order valence-electron chi connectivity index (χ1n) is 7.44. The van der Waals surface area contributed by atoms with E-state index >= 15 is 0 Å². The third-order valence-electron chi connectivity index (χ3n) is 4.22. The van der Waals surface area contributed by atoms with Crippen LogP contribution in [0.4, 0.5) is 13.2 Å². The van der Waals surface area contributed by atoms with Crippen LogP contribution in [0.3, 0.4) is 0 Å². The lowest BCUT2D eigenvalue weighted by atomic mass is 9.98. The minimum Gasteiger partial charge on any atom is -0.508 e. The Morgan fingerprint density at radius 2 is 1.84 bits per heavy atom. The number of halogens is 3. The second-order valence-corrected chi connectivity index (χ2v) is 6.07. The molecule has 0 saturated heterocycles. The second kappa shape index (κ2) is 5.75. The summed E-state index contributed by atoms with van der Waals surface area (Å²) in [5, 5.41) is 9.49. The zero-order valence-corrected chi connectivity index (χ0v) is 13.0. The van der Waals surface area contributed by atoms with Crippen molar-refractivity contribution in [1.82, 2.24) is 4.90 Å². The fourth-order valence-electron chi connectivity index (χ4n) is 2.79. The molecule has 5 nitrogen and oxygen atoms in total. The van der Waals surface area contributed by atoms with Crippen molar-refractivity contribution in [2.45, 2.75) is 24.9 Å². The minimum atomic E-state index is -4.80. The van der Waals surface area contributed by atoms with Crippen LogP contribution in [0.1, 0.15) is 27.0 Å². The van der Waals surface area contributed by atoms with Gasteiger partial charge in [-0.2, -0.15) is 13.2 Å². The normalized spacial score (nSPS) is 14.8. The maximum absolute atomic E-state index is 13.0. The predicted octanol–water partition coefficient (Wildman–Crippen LogP) is 2.18. The van der Waals surface area contributed by atoms with Gasteiger partial charge in [0.25, 0.3) is 5.91 Å². The third kappa shape index (κ3) is 3.06. The molecule has 1 heterocycles. The molecule has 3 rings (SSSR count). The van der Waals surface area contributed by atoms with Crippen LogP contribution in [0.25, 0.3) is 0 Å². The number of phenols is 1. The van der Waals surface area contributed by atoms with Crippen molar-refractivity contribution in [3.63, 3.8) is 0 Å². The number of aromatic hydroxyl groups is 1. The second-order valence-electron chi connectivity index (χ2n) is 6.07. The van der Waals surface area contributed by atoms with Gasteiger partial charge in [0.1, 0.15) is 5.75 Å². The number of nitrogens with zero attached hydrogens (tertiary/aromatic N) is 1. The third-order valence-corrected chi connectivity index (χ3v) is 4.22. The Hall–Kier alpha value is -2.58. The van der Waals surface area contributed by atoms with Gasteiger partial charge in [-0.15, -0.1) is 0 Å². The molecular formula is C17H16F3N3O2. The standard InChI is InChI=1S/C17H16F3N3O2/c18-17(19,20)16(21,22)12-3-1-2-10(6-12)8-23-9-11-4-5-13(24)7-14(11)15(23)25/h1-7,24H,8-9,21-22H2. The highest BCUT2D eigenvalue weighted by molar-refractivity contribution is 5.98. The van der Waals surface area contributed by atoms with E-state index in [-0.39, 0.29) is 23.8 Å². The monoisotopic (exact) mass is 351 g/mol. The Morgan fingerprint density at radius 3 is 2.52 bits per heavy atom. The molecule has 0 bridgehead atoms. The largest absolute Gasteiger partial charge is 0.508 e. The highest BCUT2D eigenvalue weighted by atomic mass is 19.4. The molecule has 1 amide bonds. The number of phenolic OH excluding ortho intramolecular Hbond substituents is 1. The molecule has 8 heteroatoms. The van der Waals surface area contributed by atoms with Gasteiger partial charge in [-0.3, -0.25) is 4.79 Å². The predicted molar refractivity (Wildman–Crippen MR) is 84.2 cm³/mol. The highest BCUT2D eigenvalue weighted by Gasteiger charge is 2.50. The van der Waals surface area contributed by atoms with Gasteiger partial charge in [0.05, 0.1) is 0 Å². The number of fused-ring (bicyclic) bond motifs is 1. The number of rotatable bonds is 3. The van der Waals surface area contributed by atoms with E-state index in [1.54, 1.807) is 12.1 Å². The zero-order valence-electron chi connectivity index (χ0n) is 13.0. The van der Waals surface area contributed by atoms with Crippen molar-refractivity contribution in [3.05, 3.63) is 64.7 Å². The molecule has 5 N–H and O–H groups in total. The lowest BCUT2D eigenvalue weighted by Crippen LogP contribution is -2.57. The van der Waals surface area contributed by atoms with Crippen LogP contribution in [-0.2, 0) is 18.8 Å². The van der Waals surface area contributed by atoms with Gasteiger partial charge in [-0.1, -0.05) is 30.3 Å². The van der Waals surface area contributed by atoms with Gasteiger partial charge in [0.2, 0.25) is 0 Å². The van der Waals surface area contributed by atoms with E-state index in [4.69, 9.17) is 11.5 Å². The molecule has 1 aliphatic rings. The quantitative estimate of drug-likeness (QED) is 0.739. The molecule has 1 aliphatic heterocycles. The summed E-state index contributed by atoms with van der Waals surface area (Å²) in [6, 6.07) is 9.98. The summed E-state index contributed by atoms with van der Waals surface area (Å²) in [5.41, 5.74) is 8.87. The van der Waals surface area contributed by atoms with Crippen LogP contribution in [0.2, 0.25) is 0 Å². The molecule has 0 fully saturated rings. The van der Waals surface area contributed by atoms with Crippen LogP contribution in [-0.4, -0.2) is 22.1 Å². The Bertz CT molecular complexity index is 834. The van der Waals surface area contributed by atoms with E-state index in [1.165, 1.54) is 35.2 Å². The zero-order chi connectivity index (χ0) is 18.4. The molecule has 0 unspecified atom stereocenters. The molecule has 2 aromatic carbocycles. The molecule has 25 heavy (non-hydrogen) atoms. The van der Waals surface area contributed by atoms with E-state index in [1.807, 2.05) is 0 Å². The molecule has 0 atom stereocenters. The Labute approximate surface area is 141 Å². The van der Waals surface area contributed by atoms with Gasteiger partial charge in [0, 0.05) is 18.7 Å². The fraction of sp³-hybridized carbons (Fsp3) is 0.235. The first-order valence-corrected chi connectivity index (χ1v) is 7.44. The SMILES string of the molecule is NC(N)(c1cccc(CN2Cc3ccc(O)cc3C2=O)c1)C(F)(F)F. The molecule has 0 aliphatic carbocycles. The average Bonchev–Trinajstić information content (AvgIpc) is 2.83. The van der Waals surface area contributed by atoms with Crippen LogP contribution in [0.15, 0.2) is 42.5 Å². The van der Waals surface area contributed by atoms with E-state index < -0.39 is 11.8 Å². The molecule has 0 saturated carbocycles. The number of hydrogen-bond donors (Lipinski definition) is 3. The van der Waals surface area contributed by atoms with Crippen LogP contribution in [0.5, 0.6) is 5.75 Å². The number of nitrogens with two attached hydrogens (primary N) is 2. The van der Waals surface area contributed by atoms with Crippen molar-refractivity contribution in [2.75, 3.05) is 0 Å². The van der Waals surface area contributed by atoms with Gasteiger partial charge in [0.15, 0.2) is 5.66 Å². The smallest absolute Gasteiger partial charge is 0.423 e. The number of amides is 1. The van der Waals surface area contributed by atoms with E-state index in [0.717, 1.165) is 5.56 Å². The fourth-order valence-corrected chi connectivity index (χ4v) is 2.79. The van der Waals surface area contributed by atoms with Crippen molar-refractivity contribution < 1.29 is 23.1 Å². The maximum atomic E-state index is 13.0. The molecule has 0 spiro atoms. The lowest BCUT2D eigenvalue weighted by Gasteiger charge is -2.28. The molecule has 0 radical (unpaired) electrons. The van der Waals surface area contributed by atoms with Gasteiger partial charge < -0.3 is 21.5 Å². The maximum Gasteiger partial charge on any atom is 0.423 e. The van der Waals surface area contributed by atoms with Crippen molar-refractivity contribution in [1.29, 1.82) is 0 Å². The number of alkyl halides is 3. The van der Waals surface area contributed by atoms with Gasteiger partial charge in [-0.25, -0.2) is 0 Å². The topological polar surface area (TPSA) is 92.6 Å². The van der Waals surface area contributed by atoms with Gasteiger partial charge >= 0.3 is 6.18 Å². The molecule has 132 valence electrons. The molecule has 0 aromatic heterocycles. The number of benzene rings is 2. The highest BCUT2D eigenvalue weighted by Crippen LogP contribution is 2.33. The van der Waals surface area contributed by atoms with Crippen molar-refractivity contribution >= 4 is 5.91 Å². The summed E-state index contributed by atoms with van der Waals surface area (Å²) in [6.45, 7) is 0.421. The minimum absolute atomic E-state index is 0.0165. The van der Waals surface area contributed by atoms with Crippen molar-refractivity contribution in [3.8, 4) is 5.75 Å². The van der Waals surface area contributed by atoms with Crippen LogP contribution in [0, 0.1) is 0 Å². The van der Waals surface area contributed by atoms with Crippen LogP contribution >= 0.6 is 0 Å². The van der Waals surface area contributed by atoms with E-state index in [2.05, 4.69) is 0 Å². The summed E-state index contributed by atoms with van der Waals surface area (Å²) in [7, 11) is 0. The summed E-state index contributed by atoms with van der Waals surface area (Å²) in [4.78, 5) is 13.9. The van der Waals surface area contributed by atoms with E-state index in [9.17, 15) is 23.1 Å². The number of carbonyl (C=O) groups excluding carboxylic acids is 1. The first kappa shape index (κ1) is 17.2.